The summed E-state index contributed by atoms with van der Waals surface area (Å²) >= 11 is 1.84. The molecule has 4 nitrogen and oxygen atoms in total. The average molecular weight is 882 g/mol. The smallest absolute Gasteiger partial charge is 0.162 e. The Morgan fingerprint density at radius 3 is 2.14 bits per heavy atom. The van der Waals surface area contributed by atoms with E-state index in [4.69, 9.17) is 9.97 Å². The molecule has 0 saturated heterocycles. The number of aliphatic hydroxyl groups is 1. The van der Waals surface area contributed by atoms with Crippen LogP contribution in [-0.2, 0) is 42.2 Å². The van der Waals surface area contributed by atoms with Crippen molar-refractivity contribution in [1.82, 2.24) is 9.97 Å². The molecule has 6 heteroatoms. The van der Waals surface area contributed by atoms with E-state index in [9.17, 15) is 9.90 Å². The van der Waals surface area contributed by atoms with Crippen molar-refractivity contribution in [2.45, 2.75) is 126 Å². The zero-order chi connectivity index (χ0) is 36.8. The monoisotopic (exact) mass is 882 g/mol. The van der Waals surface area contributed by atoms with Crippen molar-refractivity contribution < 1.29 is 30.0 Å². The van der Waals surface area contributed by atoms with Crippen molar-refractivity contribution in [3.05, 3.63) is 82.9 Å². The Hall–Kier alpha value is -2.92. The summed E-state index contributed by atoms with van der Waals surface area (Å²) in [4.78, 5) is 21.3. The molecule has 0 unspecified atom stereocenters. The molecule has 2 aromatic heterocycles. The summed E-state index contributed by atoms with van der Waals surface area (Å²) in [5, 5.41) is 13.5. The van der Waals surface area contributed by atoms with Crippen molar-refractivity contribution in [1.29, 1.82) is 0 Å². The molecule has 3 aromatic carbocycles. The second-order valence-corrected chi connectivity index (χ2v) is 17.6. The van der Waals surface area contributed by atoms with Crippen molar-refractivity contribution >= 4 is 48.2 Å². The average Bonchev–Trinajstić information content (AvgIpc) is 3.51. The van der Waals surface area contributed by atoms with E-state index in [1.807, 2.05) is 39.0 Å². The molecule has 0 saturated carbocycles. The van der Waals surface area contributed by atoms with Crippen LogP contribution in [-0.4, -0.2) is 20.9 Å². The molecule has 1 aliphatic rings. The van der Waals surface area contributed by atoms with Crippen LogP contribution in [0.4, 0.5) is 0 Å². The van der Waals surface area contributed by atoms with Crippen LogP contribution in [0, 0.1) is 30.2 Å². The number of thiophene rings is 1. The van der Waals surface area contributed by atoms with E-state index in [2.05, 4.69) is 97.9 Å². The zero-order valence-corrected chi connectivity index (χ0v) is 36.0. The summed E-state index contributed by atoms with van der Waals surface area (Å²) in [6.45, 7) is 26.7. The maximum atomic E-state index is 11.7. The van der Waals surface area contributed by atoms with Crippen LogP contribution in [0.2, 0.25) is 0 Å². The van der Waals surface area contributed by atoms with E-state index in [1.54, 1.807) is 6.33 Å². The Morgan fingerprint density at radius 2 is 1.53 bits per heavy atom. The summed E-state index contributed by atoms with van der Waals surface area (Å²) in [6.07, 6.45) is 7.70. The van der Waals surface area contributed by atoms with Gasteiger partial charge in [0.1, 0.15) is 6.33 Å². The molecule has 0 atom stereocenters. The van der Waals surface area contributed by atoms with Gasteiger partial charge in [0.15, 0.2) is 5.78 Å². The third-order valence-electron chi connectivity index (χ3n) is 11.6. The number of ketones is 1. The molecular weight excluding hydrogens is 825 g/mol. The number of nitrogens with zero attached hydrogens (tertiary/aromatic N) is 2. The summed E-state index contributed by atoms with van der Waals surface area (Å²) in [7, 11) is 0. The fourth-order valence-corrected chi connectivity index (χ4v) is 8.99. The topological polar surface area (TPSA) is 63.1 Å². The Labute approximate surface area is 323 Å². The summed E-state index contributed by atoms with van der Waals surface area (Å²) < 4.78 is 2.49. The quantitative estimate of drug-likeness (QED) is 0.0910. The second kappa shape index (κ2) is 15.6. The van der Waals surface area contributed by atoms with Gasteiger partial charge >= 0.3 is 0 Å². The van der Waals surface area contributed by atoms with E-state index in [1.165, 1.54) is 49.2 Å². The third-order valence-corrected chi connectivity index (χ3v) is 13.0. The maximum Gasteiger partial charge on any atom is 0.162 e. The number of carbonyl (C=O) groups excluding carboxylic acids is 1. The van der Waals surface area contributed by atoms with E-state index >= 15 is 0 Å². The van der Waals surface area contributed by atoms with Crippen molar-refractivity contribution in [3.63, 3.8) is 0 Å². The standard InChI is InChI=1S/C32H33N2S.C13H24O2.Ir/c1-18-20(16-30(2,3)4)12-13-22-27-29(35-28(18)22)26(33-17-34-27)21-14-19-10-9-11-23-25(19)24(15-21)32(7,8)31(23,5)6;1-5-10(6-2)12(14)9-13(15)11(7-3)8-4;/h9-13,15,17H,16H2,1-8H3;9-11,14H,5-8H2,1-4H3;/q-1;;/b;12-9-;. The van der Waals surface area contributed by atoms with Crippen LogP contribution < -0.4 is 0 Å². The number of rotatable bonds is 9. The molecule has 0 amide bonds. The summed E-state index contributed by atoms with van der Waals surface area (Å²) in [5.41, 5.74) is 9.07. The van der Waals surface area contributed by atoms with Gasteiger partial charge in [-0.1, -0.05) is 123 Å². The Bertz CT molecular complexity index is 2070. The minimum absolute atomic E-state index is 0. The first-order valence-corrected chi connectivity index (χ1v) is 19.4. The minimum atomic E-state index is 0. The van der Waals surface area contributed by atoms with Crippen LogP contribution in [0.5, 0.6) is 0 Å². The third kappa shape index (κ3) is 7.62. The molecule has 1 N–H and O–H groups in total. The van der Waals surface area contributed by atoms with E-state index < -0.39 is 0 Å². The van der Waals surface area contributed by atoms with Gasteiger partial charge in [0.25, 0.3) is 0 Å². The van der Waals surface area contributed by atoms with E-state index in [0.717, 1.165) is 53.6 Å². The minimum Gasteiger partial charge on any atom is -0.512 e. The normalized spacial score (nSPS) is 15.1. The van der Waals surface area contributed by atoms with Crippen LogP contribution in [0.15, 0.2) is 54.6 Å². The van der Waals surface area contributed by atoms with Crippen LogP contribution >= 0.6 is 11.3 Å². The first-order valence-electron chi connectivity index (χ1n) is 18.6. The molecule has 5 aromatic rings. The molecule has 0 aliphatic heterocycles. The number of aliphatic hydroxyl groups excluding tert-OH is 1. The molecule has 6 rings (SSSR count). The first kappa shape index (κ1) is 40.8. The van der Waals surface area contributed by atoms with Crippen LogP contribution in [0.25, 0.3) is 42.3 Å². The predicted octanol–water partition coefficient (Wildman–Crippen LogP) is 12.8. The molecule has 1 aliphatic carbocycles. The fourth-order valence-electron chi connectivity index (χ4n) is 7.71. The second-order valence-electron chi connectivity index (χ2n) is 16.5. The first-order chi connectivity index (χ1) is 23.5. The van der Waals surface area contributed by atoms with E-state index in [0.29, 0.717) is 0 Å². The largest absolute Gasteiger partial charge is 0.512 e. The Balaban J connectivity index is 0.000000312. The molecule has 275 valence electrons. The fraction of sp³-hybridized carbons (Fsp3) is 0.489. The van der Waals surface area contributed by atoms with Gasteiger partial charge in [-0.2, -0.15) is 0 Å². The molecule has 0 bridgehead atoms. The number of aryl methyl sites for hydroxylation is 1. The molecule has 1 radical (unpaired) electrons. The van der Waals surface area contributed by atoms with Gasteiger partial charge in [-0.25, -0.2) is 4.98 Å². The maximum absolute atomic E-state index is 11.7. The zero-order valence-electron chi connectivity index (χ0n) is 32.8. The van der Waals surface area contributed by atoms with E-state index in [-0.39, 0.29) is 59.7 Å². The Kier molecular flexibility index (Phi) is 12.5. The molecular formula is C45H57IrN2O2S-. The van der Waals surface area contributed by atoms with Crippen LogP contribution in [0.3, 0.4) is 0 Å². The van der Waals surface area contributed by atoms with Gasteiger partial charge in [0.2, 0.25) is 0 Å². The summed E-state index contributed by atoms with van der Waals surface area (Å²) in [5.74, 6) is 0.547. The number of hydrogen-bond acceptors (Lipinski definition) is 5. The molecule has 51 heavy (non-hydrogen) atoms. The van der Waals surface area contributed by atoms with Gasteiger partial charge in [0, 0.05) is 58.5 Å². The van der Waals surface area contributed by atoms with Crippen LogP contribution in [0.1, 0.15) is 124 Å². The number of carbonyl (C=O) groups is 1. The molecule has 2 heterocycles. The number of benzene rings is 3. The van der Waals surface area contributed by atoms with Gasteiger partial charge in [-0.05, 0) is 66.4 Å². The number of fused-ring (bicyclic) bond motifs is 3. The molecule has 0 fully saturated rings. The predicted molar refractivity (Wildman–Crippen MR) is 215 cm³/mol. The number of allylic oxidation sites excluding steroid dienone is 2. The van der Waals surface area contributed by atoms with Crippen molar-refractivity contribution in [2.75, 3.05) is 0 Å². The van der Waals surface area contributed by atoms with Gasteiger partial charge in [0.05, 0.1) is 11.3 Å². The van der Waals surface area contributed by atoms with Gasteiger partial charge in [-0.3, -0.25) is 9.78 Å². The number of hydrogen-bond donors (Lipinski definition) is 1. The molecule has 0 spiro atoms. The summed E-state index contributed by atoms with van der Waals surface area (Å²) in [6, 6.07) is 17.3. The van der Waals surface area contributed by atoms with Gasteiger partial charge in [-0.15, -0.1) is 34.9 Å². The number of aromatic nitrogens is 2. The van der Waals surface area contributed by atoms with Crippen molar-refractivity contribution in [3.8, 4) is 11.3 Å². The SMILES string of the molecule is CCC(CC)C(=O)/C=C(\O)C(CC)CC.Cc1c(CC(C)(C)C)ccc2c1sc1c(-c3[c-]c4cccc5c4c(c3)C(C)(C)C5(C)C)ncnc12.[Ir]. The van der Waals surface area contributed by atoms with Crippen molar-refractivity contribution in [2.24, 2.45) is 17.3 Å². The Morgan fingerprint density at radius 1 is 0.902 bits per heavy atom. The van der Waals surface area contributed by atoms with Gasteiger partial charge < -0.3 is 5.11 Å².